The van der Waals surface area contributed by atoms with Crippen molar-refractivity contribution in [3.63, 3.8) is 0 Å². The number of pyridine rings is 1. The molecule has 2 aromatic rings. The highest BCUT2D eigenvalue weighted by molar-refractivity contribution is 5.94. The van der Waals surface area contributed by atoms with Gasteiger partial charge in [0.15, 0.2) is 0 Å². The van der Waals surface area contributed by atoms with E-state index in [0.717, 1.165) is 45.7 Å². The van der Waals surface area contributed by atoms with Gasteiger partial charge in [-0.2, -0.15) is 0 Å². The number of β-amino-alcohol motifs (C(OH)–C–C–N with tert-alkyl or cyclic N) is 1. The van der Waals surface area contributed by atoms with E-state index in [4.69, 9.17) is 0 Å². The van der Waals surface area contributed by atoms with Gasteiger partial charge in [-0.25, -0.2) is 0 Å². The van der Waals surface area contributed by atoms with Gasteiger partial charge in [-0.3, -0.25) is 19.6 Å². The Morgan fingerprint density at radius 3 is 2.68 bits per heavy atom. The Hall–Kier alpha value is -2.28. The van der Waals surface area contributed by atoms with E-state index in [1.807, 2.05) is 17.0 Å². The van der Waals surface area contributed by atoms with E-state index in [1.54, 1.807) is 18.5 Å². The Balaban J connectivity index is 1.33. The average molecular weight is 378 g/mol. The molecule has 3 saturated heterocycles. The highest BCUT2D eigenvalue weighted by atomic mass is 16.3. The topological polar surface area (TPSA) is 59.9 Å². The summed E-state index contributed by atoms with van der Waals surface area (Å²) in [7, 11) is 0. The van der Waals surface area contributed by atoms with Gasteiger partial charge in [0.05, 0.1) is 17.2 Å². The second-order valence-electron chi connectivity index (χ2n) is 8.48. The number of carbonyl (C=O) groups excluding carboxylic acids is 1. The third-order valence-corrected chi connectivity index (χ3v) is 6.40. The molecule has 3 aliphatic rings. The highest BCUT2D eigenvalue weighted by Crippen LogP contribution is 2.39. The first-order valence-corrected chi connectivity index (χ1v) is 10.0. The molecule has 0 aliphatic carbocycles. The van der Waals surface area contributed by atoms with Gasteiger partial charge < -0.3 is 10.0 Å². The summed E-state index contributed by atoms with van der Waals surface area (Å²) in [6.45, 7) is 4.98. The number of rotatable bonds is 3. The molecule has 146 valence electrons. The van der Waals surface area contributed by atoms with Gasteiger partial charge in [-0.1, -0.05) is 30.3 Å². The number of benzene rings is 1. The van der Waals surface area contributed by atoms with Crippen molar-refractivity contribution in [2.45, 2.75) is 30.7 Å². The zero-order valence-electron chi connectivity index (χ0n) is 15.9. The molecule has 1 amide bonds. The summed E-state index contributed by atoms with van der Waals surface area (Å²) in [5, 5.41) is 10.3. The lowest BCUT2D eigenvalue weighted by Gasteiger charge is -2.61. The van der Waals surface area contributed by atoms with E-state index in [1.165, 1.54) is 5.56 Å². The number of hydrogen-bond donors (Lipinski definition) is 1. The Bertz CT molecular complexity index is 838. The Labute approximate surface area is 165 Å². The first kappa shape index (κ1) is 17.8. The molecule has 1 spiro atoms. The summed E-state index contributed by atoms with van der Waals surface area (Å²) >= 11 is 0. The summed E-state index contributed by atoms with van der Waals surface area (Å²) in [6, 6.07) is 14.5. The van der Waals surface area contributed by atoms with E-state index in [2.05, 4.69) is 39.0 Å². The van der Waals surface area contributed by atoms with Crippen molar-refractivity contribution in [1.82, 2.24) is 19.7 Å². The quantitative estimate of drug-likeness (QED) is 0.871. The van der Waals surface area contributed by atoms with Crippen LogP contribution >= 0.6 is 0 Å². The third-order valence-electron chi connectivity index (χ3n) is 6.40. The molecule has 0 radical (unpaired) electrons. The minimum atomic E-state index is -0.262. The molecule has 3 aliphatic heterocycles. The fraction of sp³-hybridized carbons (Fsp3) is 0.455. The van der Waals surface area contributed by atoms with Crippen LogP contribution in [0.5, 0.6) is 0 Å². The molecule has 0 bridgehead atoms. The molecule has 1 aromatic carbocycles. The van der Waals surface area contributed by atoms with Gasteiger partial charge in [0.2, 0.25) is 0 Å². The fourth-order valence-electron chi connectivity index (χ4n) is 5.24. The van der Waals surface area contributed by atoms with Crippen LogP contribution in [0.1, 0.15) is 22.3 Å². The molecule has 6 heteroatoms. The fourth-order valence-corrected chi connectivity index (χ4v) is 5.24. The maximum Gasteiger partial charge on any atom is 0.255 e. The van der Waals surface area contributed by atoms with Crippen LogP contribution < -0.4 is 0 Å². The number of aromatic nitrogens is 1. The summed E-state index contributed by atoms with van der Waals surface area (Å²) in [5.74, 6) is 0.0511. The lowest BCUT2D eigenvalue weighted by Crippen LogP contribution is -2.78. The maximum absolute atomic E-state index is 12.8. The van der Waals surface area contributed by atoms with Crippen LogP contribution in [0.25, 0.3) is 0 Å². The predicted molar refractivity (Wildman–Crippen MR) is 106 cm³/mol. The molecule has 0 unspecified atom stereocenters. The minimum absolute atomic E-state index is 0.0486. The van der Waals surface area contributed by atoms with Crippen LogP contribution in [0.4, 0.5) is 0 Å². The molecule has 3 fully saturated rings. The van der Waals surface area contributed by atoms with Crippen LogP contribution in [0.2, 0.25) is 0 Å². The number of carbonyl (C=O) groups is 1. The number of likely N-dealkylation sites (tertiary alicyclic amines) is 1. The number of hydrogen-bond acceptors (Lipinski definition) is 5. The van der Waals surface area contributed by atoms with Crippen LogP contribution in [-0.2, 0) is 6.54 Å². The Morgan fingerprint density at radius 1 is 1.11 bits per heavy atom. The molecule has 0 saturated carbocycles. The Morgan fingerprint density at radius 2 is 1.93 bits per heavy atom. The van der Waals surface area contributed by atoms with Gasteiger partial charge in [0, 0.05) is 57.7 Å². The van der Waals surface area contributed by atoms with Gasteiger partial charge in [0.25, 0.3) is 5.91 Å². The minimum Gasteiger partial charge on any atom is -0.392 e. The molecule has 1 aromatic heterocycles. The number of aliphatic hydroxyl groups excluding tert-OH is 1. The van der Waals surface area contributed by atoms with Crippen LogP contribution in [0.3, 0.4) is 0 Å². The average Bonchev–Trinajstić information content (AvgIpc) is 3.07. The number of aliphatic hydroxyl groups is 1. The zero-order chi connectivity index (χ0) is 19.1. The SMILES string of the molecule is O=C(c1cccnc1)N1CC2(CN(Cc3ccccc3)C[C@H]3C[C@@H](O)CN32)C1. The van der Waals surface area contributed by atoms with E-state index in [0.29, 0.717) is 11.6 Å². The van der Waals surface area contributed by atoms with Gasteiger partial charge in [-0.05, 0) is 24.1 Å². The normalized spacial score (nSPS) is 26.8. The lowest BCUT2D eigenvalue weighted by atomic mass is 9.83. The maximum atomic E-state index is 12.8. The van der Waals surface area contributed by atoms with Crippen molar-refractivity contribution in [2.75, 3.05) is 32.7 Å². The largest absolute Gasteiger partial charge is 0.392 e. The Kier molecular flexibility index (Phi) is 4.42. The molecule has 6 nitrogen and oxygen atoms in total. The molecular formula is C22H26N4O2. The van der Waals surface area contributed by atoms with E-state index in [9.17, 15) is 9.90 Å². The number of fused-ring (bicyclic) bond motifs is 2. The van der Waals surface area contributed by atoms with Crippen molar-refractivity contribution >= 4 is 5.91 Å². The van der Waals surface area contributed by atoms with Crippen molar-refractivity contribution in [3.05, 3.63) is 66.0 Å². The second-order valence-corrected chi connectivity index (χ2v) is 8.48. The summed E-state index contributed by atoms with van der Waals surface area (Å²) in [4.78, 5) is 23.8. The van der Waals surface area contributed by atoms with Crippen LogP contribution in [0, 0.1) is 0 Å². The van der Waals surface area contributed by atoms with Crippen molar-refractivity contribution in [1.29, 1.82) is 0 Å². The molecular weight excluding hydrogens is 352 g/mol. The lowest BCUT2D eigenvalue weighted by molar-refractivity contribution is -0.102. The smallest absolute Gasteiger partial charge is 0.255 e. The second kappa shape index (κ2) is 6.95. The summed E-state index contributed by atoms with van der Waals surface area (Å²) in [6.07, 6.45) is 3.89. The standard InChI is InChI=1S/C22H26N4O2/c27-20-9-19-12-24(11-17-5-2-1-3-6-17)14-22(26(19)13-20)15-25(16-22)21(28)18-7-4-8-23-10-18/h1-8,10,19-20,27H,9,11-16H2/t19-,20-/m1/s1. The highest BCUT2D eigenvalue weighted by Gasteiger charge is 2.57. The van der Waals surface area contributed by atoms with Crippen LogP contribution in [0.15, 0.2) is 54.9 Å². The van der Waals surface area contributed by atoms with Gasteiger partial charge in [0.1, 0.15) is 0 Å². The van der Waals surface area contributed by atoms with Gasteiger partial charge >= 0.3 is 0 Å². The summed E-state index contributed by atoms with van der Waals surface area (Å²) in [5.41, 5.74) is 1.91. The monoisotopic (exact) mass is 378 g/mol. The van der Waals surface area contributed by atoms with Crippen molar-refractivity contribution in [2.24, 2.45) is 0 Å². The first-order valence-electron chi connectivity index (χ1n) is 10.0. The predicted octanol–water partition coefficient (Wildman–Crippen LogP) is 1.23. The number of nitrogens with zero attached hydrogens (tertiary/aromatic N) is 4. The molecule has 1 N–H and O–H groups in total. The third kappa shape index (κ3) is 3.11. The van der Waals surface area contributed by atoms with E-state index in [-0.39, 0.29) is 17.6 Å². The van der Waals surface area contributed by atoms with Crippen molar-refractivity contribution < 1.29 is 9.90 Å². The molecule has 28 heavy (non-hydrogen) atoms. The summed E-state index contributed by atoms with van der Waals surface area (Å²) < 4.78 is 0. The van der Waals surface area contributed by atoms with E-state index < -0.39 is 0 Å². The van der Waals surface area contributed by atoms with Crippen LogP contribution in [-0.4, -0.2) is 81.1 Å². The van der Waals surface area contributed by atoms with Crippen molar-refractivity contribution in [3.8, 4) is 0 Å². The molecule has 5 rings (SSSR count). The zero-order valence-corrected chi connectivity index (χ0v) is 15.9. The van der Waals surface area contributed by atoms with Gasteiger partial charge in [-0.15, -0.1) is 0 Å². The first-order chi connectivity index (χ1) is 13.6. The molecule has 4 heterocycles. The number of amides is 1. The molecule has 2 atom stereocenters. The van der Waals surface area contributed by atoms with E-state index >= 15 is 0 Å². The number of piperazine rings is 1.